The largest absolute Gasteiger partial charge is 0.339 e. The molecule has 1 aliphatic carbocycles. The minimum Gasteiger partial charge on any atom is -0.339 e. The summed E-state index contributed by atoms with van der Waals surface area (Å²) < 4.78 is 25.1. The molecule has 1 saturated heterocycles. The molecule has 1 amide bonds. The number of carbonyl (C=O) groups excluding carboxylic acids is 1. The van der Waals surface area contributed by atoms with Gasteiger partial charge in [-0.1, -0.05) is 19.8 Å². The maximum atomic E-state index is 12.6. The van der Waals surface area contributed by atoms with Crippen molar-refractivity contribution in [1.29, 1.82) is 0 Å². The number of benzene rings is 1. The summed E-state index contributed by atoms with van der Waals surface area (Å²) in [5, 5.41) is -0.243. The van der Waals surface area contributed by atoms with Gasteiger partial charge in [-0.3, -0.25) is 4.79 Å². The maximum Gasteiger partial charge on any atom is 0.253 e. The Morgan fingerprint density at radius 1 is 1.00 bits per heavy atom. The number of hydrogen-bond acceptors (Lipinski definition) is 3. The lowest BCUT2D eigenvalue weighted by molar-refractivity contribution is 0.0697. The summed E-state index contributed by atoms with van der Waals surface area (Å²) in [7, 11) is -3.24. The highest BCUT2D eigenvalue weighted by Gasteiger charge is 2.30. The molecular weight excluding hydrogens is 310 g/mol. The topological polar surface area (TPSA) is 54.5 Å². The highest BCUT2D eigenvalue weighted by Crippen LogP contribution is 2.29. The Bertz CT molecular complexity index is 652. The van der Waals surface area contributed by atoms with Crippen molar-refractivity contribution in [2.75, 3.05) is 13.1 Å². The summed E-state index contributed by atoms with van der Waals surface area (Å²) in [6, 6.07) is 6.55. The number of likely N-dealkylation sites (tertiary alicyclic amines) is 1. The van der Waals surface area contributed by atoms with E-state index in [9.17, 15) is 13.2 Å². The molecule has 126 valence electrons. The lowest BCUT2D eigenvalue weighted by Gasteiger charge is -2.30. The molecule has 2 fully saturated rings. The van der Waals surface area contributed by atoms with Gasteiger partial charge in [-0.25, -0.2) is 8.42 Å². The van der Waals surface area contributed by atoms with Crippen molar-refractivity contribution >= 4 is 15.7 Å². The van der Waals surface area contributed by atoms with Crippen LogP contribution in [0.4, 0.5) is 0 Å². The number of piperidine rings is 1. The van der Waals surface area contributed by atoms with Gasteiger partial charge < -0.3 is 4.90 Å². The third-order valence-corrected chi connectivity index (χ3v) is 7.52. The van der Waals surface area contributed by atoms with Crippen LogP contribution in [0.1, 0.15) is 55.8 Å². The van der Waals surface area contributed by atoms with Crippen LogP contribution in [0.15, 0.2) is 29.2 Å². The zero-order chi connectivity index (χ0) is 16.4. The van der Waals surface area contributed by atoms with Crippen LogP contribution in [0.2, 0.25) is 0 Å². The Morgan fingerprint density at radius 2 is 1.57 bits per heavy atom. The van der Waals surface area contributed by atoms with Crippen LogP contribution in [-0.2, 0) is 9.84 Å². The SMILES string of the molecule is CC1CCN(C(=O)c2ccc(S(=O)(=O)C3CCCC3)cc2)CC1. The van der Waals surface area contributed by atoms with Gasteiger partial charge in [0.25, 0.3) is 5.91 Å². The fourth-order valence-electron chi connectivity index (χ4n) is 3.57. The molecule has 0 unspecified atom stereocenters. The van der Waals surface area contributed by atoms with Crippen LogP contribution >= 0.6 is 0 Å². The van der Waals surface area contributed by atoms with Crippen LogP contribution < -0.4 is 0 Å². The first kappa shape index (κ1) is 16.5. The first-order valence-electron chi connectivity index (χ1n) is 8.62. The van der Waals surface area contributed by atoms with Crippen LogP contribution in [0.25, 0.3) is 0 Å². The first-order valence-corrected chi connectivity index (χ1v) is 10.2. The minimum atomic E-state index is -3.24. The third kappa shape index (κ3) is 3.44. The minimum absolute atomic E-state index is 0.0155. The quantitative estimate of drug-likeness (QED) is 0.852. The van der Waals surface area contributed by atoms with Crippen molar-refractivity contribution in [3.05, 3.63) is 29.8 Å². The number of nitrogens with zero attached hydrogens (tertiary/aromatic N) is 1. The molecule has 1 aliphatic heterocycles. The van der Waals surface area contributed by atoms with Gasteiger partial charge in [0.05, 0.1) is 10.1 Å². The molecule has 1 aromatic carbocycles. The lowest BCUT2D eigenvalue weighted by atomic mass is 9.98. The van der Waals surface area contributed by atoms with E-state index < -0.39 is 9.84 Å². The van der Waals surface area contributed by atoms with E-state index in [0.717, 1.165) is 51.6 Å². The van der Waals surface area contributed by atoms with Gasteiger partial charge in [0, 0.05) is 18.7 Å². The molecule has 0 aromatic heterocycles. The van der Waals surface area contributed by atoms with Crippen LogP contribution in [-0.4, -0.2) is 37.6 Å². The molecule has 1 aromatic rings. The zero-order valence-corrected chi connectivity index (χ0v) is 14.5. The van der Waals surface area contributed by atoms with Gasteiger partial charge >= 0.3 is 0 Å². The van der Waals surface area contributed by atoms with Crippen LogP contribution in [0.3, 0.4) is 0 Å². The van der Waals surface area contributed by atoms with E-state index in [-0.39, 0.29) is 11.2 Å². The van der Waals surface area contributed by atoms with E-state index in [2.05, 4.69) is 6.92 Å². The number of amides is 1. The highest BCUT2D eigenvalue weighted by molar-refractivity contribution is 7.92. The summed E-state index contributed by atoms with van der Waals surface area (Å²) in [6.07, 6.45) is 5.59. The standard InChI is InChI=1S/C18H25NO3S/c1-14-10-12-19(13-11-14)18(20)15-6-8-17(9-7-15)23(21,22)16-4-2-3-5-16/h6-9,14,16H,2-5,10-13H2,1H3. The number of carbonyl (C=O) groups is 1. The van der Waals surface area contributed by atoms with Crippen LogP contribution in [0, 0.1) is 5.92 Å². The van der Waals surface area contributed by atoms with Crippen molar-refractivity contribution in [1.82, 2.24) is 4.90 Å². The van der Waals surface area contributed by atoms with Crippen LogP contribution in [0.5, 0.6) is 0 Å². The fourth-order valence-corrected chi connectivity index (χ4v) is 5.43. The number of rotatable bonds is 3. The van der Waals surface area contributed by atoms with E-state index in [0.29, 0.717) is 16.4 Å². The Hall–Kier alpha value is -1.36. The molecule has 5 heteroatoms. The molecule has 0 radical (unpaired) electrons. The second kappa shape index (κ2) is 6.63. The summed E-state index contributed by atoms with van der Waals surface area (Å²) in [5.74, 6) is 0.694. The summed E-state index contributed by atoms with van der Waals surface area (Å²) in [5.41, 5.74) is 0.588. The highest BCUT2D eigenvalue weighted by atomic mass is 32.2. The average molecular weight is 335 g/mol. The van der Waals surface area contributed by atoms with Gasteiger partial charge in [0.15, 0.2) is 9.84 Å². The molecule has 2 aliphatic rings. The van der Waals surface area contributed by atoms with Gasteiger partial charge in [0.1, 0.15) is 0 Å². The van der Waals surface area contributed by atoms with E-state index in [1.54, 1.807) is 24.3 Å². The molecule has 0 bridgehead atoms. The molecule has 4 nitrogen and oxygen atoms in total. The Balaban J connectivity index is 1.73. The van der Waals surface area contributed by atoms with Gasteiger partial charge in [-0.05, 0) is 55.9 Å². The van der Waals surface area contributed by atoms with Crippen molar-refractivity contribution in [2.45, 2.75) is 55.6 Å². The Morgan fingerprint density at radius 3 is 2.13 bits per heavy atom. The average Bonchev–Trinajstić information content (AvgIpc) is 3.10. The lowest BCUT2D eigenvalue weighted by Crippen LogP contribution is -2.37. The maximum absolute atomic E-state index is 12.6. The van der Waals surface area contributed by atoms with Crippen molar-refractivity contribution in [3.8, 4) is 0 Å². The zero-order valence-electron chi connectivity index (χ0n) is 13.7. The van der Waals surface area contributed by atoms with Gasteiger partial charge in [-0.2, -0.15) is 0 Å². The smallest absolute Gasteiger partial charge is 0.253 e. The molecule has 23 heavy (non-hydrogen) atoms. The Labute approximate surface area is 138 Å². The molecule has 1 saturated carbocycles. The van der Waals surface area contributed by atoms with Crippen molar-refractivity contribution in [2.24, 2.45) is 5.92 Å². The van der Waals surface area contributed by atoms with E-state index in [4.69, 9.17) is 0 Å². The molecule has 0 spiro atoms. The normalized spacial score (nSPS) is 20.8. The second-order valence-electron chi connectivity index (χ2n) is 6.95. The predicted octanol–water partition coefficient (Wildman–Crippen LogP) is 3.28. The number of hydrogen-bond donors (Lipinski definition) is 0. The molecular formula is C18H25NO3S. The third-order valence-electron chi connectivity index (χ3n) is 5.24. The molecule has 3 rings (SSSR count). The van der Waals surface area contributed by atoms with Crippen molar-refractivity contribution < 1.29 is 13.2 Å². The Kier molecular flexibility index (Phi) is 4.76. The monoisotopic (exact) mass is 335 g/mol. The van der Waals surface area contributed by atoms with E-state index >= 15 is 0 Å². The molecule has 1 heterocycles. The number of sulfone groups is 1. The predicted molar refractivity (Wildman–Crippen MR) is 90.2 cm³/mol. The van der Waals surface area contributed by atoms with Crippen molar-refractivity contribution in [3.63, 3.8) is 0 Å². The summed E-state index contributed by atoms with van der Waals surface area (Å²) in [4.78, 5) is 14.7. The van der Waals surface area contributed by atoms with Gasteiger partial charge in [-0.15, -0.1) is 0 Å². The molecule has 0 N–H and O–H groups in total. The fraction of sp³-hybridized carbons (Fsp3) is 0.611. The first-order chi connectivity index (χ1) is 11.0. The molecule has 0 atom stereocenters. The van der Waals surface area contributed by atoms with E-state index in [1.807, 2.05) is 4.90 Å². The second-order valence-corrected chi connectivity index (χ2v) is 9.18. The van der Waals surface area contributed by atoms with E-state index in [1.165, 1.54) is 0 Å². The van der Waals surface area contributed by atoms with Gasteiger partial charge in [0.2, 0.25) is 0 Å². The summed E-state index contributed by atoms with van der Waals surface area (Å²) in [6.45, 7) is 3.80. The summed E-state index contributed by atoms with van der Waals surface area (Å²) >= 11 is 0.